The third-order valence-electron chi connectivity index (χ3n) is 3.88. The minimum absolute atomic E-state index is 0.115. The summed E-state index contributed by atoms with van der Waals surface area (Å²) in [5, 5.41) is 21.2. The number of carbonyl (C=O) groups is 2. The summed E-state index contributed by atoms with van der Waals surface area (Å²) in [5.41, 5.74) is 0.0406. The van der Waals surface area contributed by atoms with Gasteiger partial charge in [0.1, 0.15) is 5.82 Å². The predicted octanol–water partition coefficient (Wildman–Crippen LogP) is 2.48. The second kappa shape index (κ2) is 6.16. The Hall–Kier alpha value is -3.55. The van der Waals surface area contributed by atoms with Crippen molar-refractivity contribution < 1.29 is 19.6 Å². The molecule has 8 nitrogen and oxygen atoms in total. The Balaban J connectivity index is 2.20. The highest BCUT2D eigenvalue weighted by atomic mass is 16.6. The lowest BCUT2D eigenvalue weighted by Crippen LogP contribution is -2.31. The number of hydrogen-bond acceptors (Lipinski definition) is 6. The normalized spacial score (nSPS) is 17.1. The number of amides is 1. The van der Waals surface area contributed by atoms with E-state index >= 15 is 0 Å². The number of nitrogens with zero attached hydrogens (tertiary/aromatic N) is 3. The number of aliphatic hydroxyl groups is 1. The number of anilines is 1. The number of non-ortho nitro benzene ring substituents is 1. The highest BCUT2D eigenvalue weighted by Gasteiger charge is 2.44. The molecule has 3 rings (SSSR count). The molecule has 2 aromatic rings. The number of aliphatic hydroxyl groups excluding tert-OH is 1. The number of aromatic nitrogens is 1. The van der Waals surface area contributed by atoms with Crippen LogP contribution in [0.4, 0.5) is 11.5 Å². The summed E-state index contributed by atoms with van der Waals surface area (Å²) in [6, 6.07) is 9.48. The van der Waals surface area contributed by atoms with Crippen LogP contribution in [0, 0.1) is 10.1 Å². The number of nitro groups is 1. The van der Waals surface area contributed by atoms with Crippen LogP contribution in [-0.4, -0.2) is 26.7 Å². The Kier molecular flexibility index (Phi) is 4.02. The molecule has 0 fully saturated rings. The molecule has 0 spiro atoms. The van der Waals surface area contributed by atoms with E-state index in [0.717, 1.165) is 4.90 Å². The van der Waals surface area contributed by atoms with Crippen LogP contribution in [-0.2, 0) is 9.59 Å². The molecule has 0 saturated heterocycles. The van der Waals surface area contributed by atoms with Crippen molar-refractivity contribution in [2.24, 2.45) is 0 Å². The summed E-state index contributed by atoms with van der Waals surface area (Å²) >= 11 is 0. The van der Waals surface area contributed by atoms with Crippen molar-refractivity contribution in [3.63, 3.8) is 0 Å². The van der Waals surface area contributed by atoms with Crippen LogP contribution in [0.25, 0.3) is 0 Å². The number of Topliss-reactive ketones (excluding diaryl/α,β-unsaturated/α-hetero) is 1. The number of hydrogen-bond donors (Lipinski definition) is 1. The largest absolute Gasteiger partial charge is 0.503 e. The molecule has 0 aliphatic carbocycles. The van der Waals surface area contributed by atoms with Gasteiger partial charge in [-0.1, -0.05) is 18.2 Å². The van der Waals surface area contributed by atoms with Crippen LogP contribution >= 0.6 is 0 Å². The molecule has 126 valence electrons. The molecule has 0 bridgehead atoms. The van der Waals surface area contributed by atoms with E-state index in [0.29, 0.717) is 5.56 Å². The summed E-state index contributed by atoms with van der Waals surface area (Å²) in [6.45, 7) is 1.23. The van der Waals surface area contributed by atoms with Gasteiger partial charge in [-0.3, -0.25) is 24.6 Å². The quantitative estimate of drug-likeness (QED) is 0.676. The monoisotopic (exact) mass is 339 g/mol. The van der Waals surface area contributed by atoms with E-state index in [4.69, 9.17) is 0 Å². The van der Waals surface area contributed by atoms with Crippen LogP contribution in [0.15, 0.2) is 60.0 Å². The maximum absolute atomic E-state index is 12.5. The summed E-state index contributed by atoms with van der Waals surface area (Å²) in [5.74, 6) is -1.72. The van der Waals surface area contributed by atoms with Crippen molar-refractivity contribution in [3.05, 3.63) is 75.7 Å². The minimum atomic E-state index is -0.986. The SMILES string of the molecule is CC(=O)C1=C(O)C(=O)N(c2ccccn2)[C@@H]1c1cccc([N+](=O)[O-])c1. The molecule has 1 N–H and O–H groups in total. The van der Waals surface area contributed by atoms with Gasteiger partial charge in [-0.15, -0.1) is 0 Å². The van der Waals surface area contributed by atoms with Gasteiger partial charge in [0.25, 0.3) is 11.6 Å². The molecule has 25 heavy (non-hydrogen) atoms. The average Bonchev–Trinajstić information content (AvgIpc) is 2.87. The van der Waals surface area contributed by atoms with Gasteiger partial charge in [0, 0.05) is 18.3 Å². The van der Waals surface area contributed by atoms with Crippen molar-refractivity contribution in [2.45, 2.75) is 13.0 Å². The first-order chi connectivity index (χ1) is 11.9. The maximum Gasteiger partial charge on any atom is 0.295 e. The van der Waals surface area contributed by atoms with Gasteiger partial charge in [-0.2, -0.15) is 0 Å². The molecule has 2 heterocycles. The fourth-order valence-corrected chi connectivity index (χ4v) is 2.82. The van der Waals surface area contributed by atoms with Gasteiger partial charge in [-0.05, 0) is 24.6 Å². The van der Waals surface area contributed by atoms with Crippen molar-refractivity contribution in [2.75, 3.05) is 4.90 Å². The Morgan fingerprint density at radius 2 is 2.04 bits per heavy atom. The molecule has 8 heteroatoms. The number of carbonyl (C=O) groups excluding carboxylic acids is 2. The highest BCUT2D eigenvalue weighted by molar-refractivity contribution is 6.15. The zero-order valence-corrected chi connectivity index (χ0v) is 13.1. The average molecular weight is 339 g/mol. The maximum atomic E-state index is 12.5. The molecule has 0 radical (unpaired) electrons. The van der Waals surface area contributed by atoms with Crippen molar-refractivity contribution in [1.29, 1.82) is 0 Å². The van der Waals surface area contributed by atoms with Gasteiger partial charge < -0.3 is 5.11 Å². The number of benzene rings is 1. The molecule has 1 aliphatic rings. The lowest BCUT2D eigenvalue weighted by molar-refractivity contribution is -0.384. The molecule has 0 saturated carbocycles. The van der Waals surface area contributed by atoms with Gasteiger partial charge in [0.05, 0.1) is 16.5 Å². The first-order valence-corrected chi connectivity index (χ1v) is 7.35. The van der Waals surface area contributed by atoms with E-state index in [-0.39, 0.29) is 17.1 Å². The Morgan fingerprint density at radius 1 is 1.28 bits per heavy atom. The van der Waals surface area contributed by atoms with Gasteiger partial charge in [-0.25, -0.2) is 4.98 Å². The van der Waals surface area contributed by atoms with E-state index in [1.54, 1.807) is 24.3 Å². The summed E-state index contributed by atoms with van der Waals surface area (Å²) in [6.07, 6.45) is 1.47. The number of nitro benzene ring substituents is 1. The van der Waals surface area contributed by atoms with Crippen LogP contribution in [0.1, 0.15) is 18.5 Å². The molecular weight excluding hydrogens is 326 g/mol. The fraction of sp³-hybridized carbons (Fsp3) is 0.118. The summed E-state index contributed by atoms with van der Waals surface area (Å²) < 4.78 is 0. The second-order valence-corrected chi connectivity index (χ2v) is 5.44. The van der Waals surface area contributed by atoms with Crippen LogP contribution < -0.4 is 4.90 Å². The third kappa shape index (κ3) is 2.74. The van der Waals surface area contributed by atoms with E-state index in [1.165, 1.54) is 31.3 Å². The Labute approximate surface area is 142 Å². The van der Waals surface area contributed by atoms with Gasteiger partial charge >= 0.3 is 0 Å². The molecular formula is C17H13N3O5. The molecule has 1 aromatic heterocycles. The zero-order valence-electron chi connectivity index (χ0n) is 13.1. The standard InChI is InChI=1S/C17H13N3O5/c1-10(21)14-15(11-5-4-6-12(9-11)20(24)25)19(17(23)16(14)22)13-7-2-3-8-18-13/h2-9,15,22H,1H3/t15-/m1/s1. The number of ketones is 1. The first-order valence-electron chi connectivity index (χ1n) is 7.35. The van der Waals surface area contributed by atoms with E-state index in [2.05, 4.69) is 4.98 Å². The second-order valence-electron chi connectivity index (χ2n) is 5.44. The van der Waals surface area contributed by atoms with Crippen molar-refractivity contribution in [3.8, 4) is 0 Å². The van der Waals surface area contributed by atoms with E-state index in [9.17, 15) is 24.8 Å². The molecule has 1 amide bonds. The summed E-state index contributed by atoms with van der Waals surface area (Å²) in [7, 11) is 0. The van der Waals surface area contributed by atoms with E-state index in [1.807, 2.05) is 0 Å². The first kappa shape index (κ1) is 16.3. The predicted molar refractivity (Wildman–Crippen MR) is 87.9 cm³/mol. The fourth-order valence-electron chi connectivity index (χ4n) is 2.82. The minimum Gasteiger partial charge on any atom is -0.503 e. The van der Waals surface area contributed by atoms with Crippen molar-refractivity contribution in [1.82, 2.24) is 4.98 Å². The number of pyridine rings is 1. The Morgan fingerprint density at radius 3 is 2.64 bits per heavy atom. The molecule has 1 atom stereocenters. The molecule has 0 unspecified atom stereocenters. The van der Waals surface area contributed by atoms with Crippen LogP contribution in [0.5, 0.6) is 0 Å². The van der Waals surface area contributed by atoms with Crippen molar-refractivity contribution >= 4 is 23.2 Å². The Bertz CT molecular complexity index is 908. The number of rotatable bonds is 4. The van der Waals surface area contributed by atoms with E-state index < -0.39 is 28.4 Å². The zero-order chi connectivity index (χ0) is 18.1. The summed E-state index contributed by atoms with van der Waals surface area (Å²) in [4.78, 5) is 40.3. The lowest BCUT2D eigenvalue weighted by atomic mass is 9.96. The topological polar surface area (TPSA) is 114 Å². The molecule has 1 aromatic carbocycles. The van der Waals surface area contributed by atoms with Crippen LogP contribution in [0.2, 0.25) is 0 Å². The smallest absolute Gasteiger partial charge is 0.295 e. The molecule has 1 aliphatic heterocycles. The lowest BCUT2D eigenvalue weighted by Gasteiger charge is -2.25. The van der Waals surface area contributed by atoms with Crippen LogP contribution in [0.3, 0.4) is 0 Å². The van der Waals surface area contributed by atoms with Gasteiger partial charge in [0.2, 0.25) is 0 Å². The van der Waals surface area contributed by atoms with Gasteiger partial charge in [0.15, 0.2) is 11.5 Å². The third-order valence-corrected chi connectivity index (χ3v) is 3.88. The highest BCUT2D eigenvalue weighted by Crippen LogP contribution is 2.40.